The summed E-state index contributed by atoms with van der Waals surface area (Å²) in [6, 6.07) is 12.1. The van der Waals surface area contributed by atoms with Crippen molar-refractivity contribution in [3.63, 3.8) is 0 Å². The van der Waals surface area contributed by atoms with Crippen molar-refractivity contribution in [1.82, 2.24) is 15.0 Å². The highest BCUT2D eigenvalue weighted by molar-refractivity contribution is 5.77. The highest BCUT2D eigenvalue weighted by Crippen LogP contribution is 2.14. The van der Waals surface area contributed by atoms with Gasteiger partial charge in [0.15, 0.2) is 0 Å². The maximum Gasteiger partial charge on any atom is 0.105 e. The smallest absolute Gasteiger partial charge is 0.105 e. The van der Waals surface area contributed by atoms with Gasteiger partial charge < -0.3 is 4.98 Å². The second-order valence-electron chi connectivity index (χ2n) is 9.29. The normalized spacial score (nSPS) is 10.8. The molecule has 0 unspecified atom stereocenters. The number of aryl methyl sites for hydroxylation is 1. The summed E-state index contributed by atoms with van der Waals surface area (Å²) < 4.78 is 0. The molecule has 1 N–H and O–H groups in total. The van der Waals surface area contributed by atoms with Crippen LogP contribution in [-0.4, -0.2) is 15.0 Å². The molecule has 0 aliphatic carbocycles. The van der Waals surface area contributed by atoms with Gasteiger partial charge in [-0.15, -0.1) is 0 Å². The Bertz CT molecular complexity index is 732. The number of fused-ring (bicyclic) bond motifs is 1. The van der Waals surface area contributed by atoms with Crippen LogP contribution in [0, 0.1) is 0 Å². The zero-order chi connectivity index (χ0) is 23.2. The van der Waals surface area contributed by atoms with Gasteiger partial charge in [0.05, 0.1) is 5.52 Å². The lowest BCUT2D eigenvalue weighted by molar-refractivity contribution is 0.529. The minimum atomic E-state index is 1.06. The van der Waals surface area contributed by atoms with Crippen molar-refractivity contribution in [2.24, 2.45) is 0 Å². The predicted octanol–water partition coefficient (Wildman–Crippen LogP) is 9.45. The lowest BCUT2D eigenvalue weighted by Crippen LogP contribution is -1.88. The number of aromatic amines is 1. The maximum absolute atomic E-state index is 4.27. The minimum absolute atomic E-state index is 1.06. The molecule has 1 aromatic carbocycles. The predicted molar refractivity (Wildman–Crippen MR) is 144 cm³/mol. The molecule has 0 saturated heterocycles. The Morgan fingerprint density at radius 1 is 0.576 bits per heavy atom. The molecule has 0 bridgehead atoms. The molecule has 0 aliphatic heterocycles. The summed E-state index contributed by atoms with van der Waals surface area (Å²) in [5.41, 5.74) is 1.06. The maximum atomic E-state index is 4.27. The van der Waals surface area contributed by atoms with Crippen molar-refractivity contribution in [3.05, 3.63) is 60.8 Å². The number of hydrogen-bond donors (Lipinski definition) is 1. The zero-order valence-corrected chi connectivity index (χ0v) is 21.1. The number of nitrogens with zero attached hydrogens (tertiary/aromatic N) is 2. The largest absolute Gasteiger partial charge is 0.349 e. The lowest BCUT2D eigenvalue weighted by atomic mass is 10.0. The van der Waals surface area contributed by atoms with E-state index >= 15 is 0 Å². The molecule has 0 saturated carbocycles. The van der Waals surface area contributed by atoms with Crippen LogP contribution in [-0.2, 0) is 6.42 Å². The van der Waals surface area contributed by atoms with E-state index in [1.807, 2.05) is 42.9 Å². The quantitative estimate of drug-likeness (QED) is 0.208. The van der Waals surface area contributed by atoms with Crippen LogP contribution >= 0.6 is 0 Å². The molecule has 3 nitrogen and oxygen atoms in total. The van der Waals surface area contributed by atoms with E-state index < -0.39 is 0 Å². The summed E-state index contributed by atoms with van der Waals surface area (Å²) >= 11 is 0. The minimum Gasteiger partial charge on any atom is -0.349 e. The molecule has 0 atom stereocenters. The first kappa shape index (κ1) is 27.1. The third-order valence-electron chi connectivity index (χ3n) is 6.33. The van der Waals surface area contributed by atoms with E-state index in [0.717, 1.165) is 17.8 Å². The molecule has 0 spiro atoms. The van der Waals surface area contributed by atoms with Gasteiger partial charge in [0, 0.05) is 30.4 Å². The number of aromatic nitrogens is 3. The van der Waals surface area contributed by atoms with Gasteiger partial charge in [-0.1, -0.05) is 128 Å². The first-order valence-electron chi connectivity index (χ1n) is 13.7. The van der Waals surface area contributed by atoms with Crippen LogP contribution in [0.25, 0.3) is 10.9 Å². The topological polar surface area (TPSA) is 41.6 Å². The van der Waals surface area contributed by atoms with Crippen molar-refractivity contribution in [3.8, 4) is 0 Å². The SMILES string of the molecule is CCCCCCCCCCCCCCCCCCc1ncc[nH]1.c1ccc2ncccc2c1. The second kappa shape index (κ2) is 19.3. The Hall–Kier alpha value is -2.16. The van der Waals surface area contributed by atoms with Gasteiger partial charge in [0.2, 0.25) is 0 Å². The third-order valence-corrected chi connectivity index (χ3v) is 6.33. The van der Waals surface area contributed by atoms with Crippen LogP contribution in [0.4, 0.5) is 0 Å². The van der Waals surface area contributed by atoms with E-state index in [4.69, 9.17) is 0 Å². The monoisotopic (exact) mass is 449 g/mol. The molecular formula is C30H47N3. The number of benzene rings is 1. The number of unbranched alkanes of at least 4 members (excludes halogenated alkanes) is 15. The molecule has 2 heterocycles. The van der Waals surface area contributed by atoms with Crippen molar-refractivity contribution >= 4 is 10.9 Å². The van der Waals surface area contributed by atoms with Crippen LogP contribution in [0.5, 0.6) is 0 Å². The fourth-order valence-electron chi connectivity index (χ4n) is 4.29. The van der Waals surface area contributed by atoms with Crippen molar-refractivity contribution in [2.75, 3.05) is 0 Å². The fourth-order valence-corrected chi connectivity index (χ4v) is 4.29. The Balaban J connectivity index is 0.000000315. The van der Waals surface area contributed by atoms with Gasteiger partial charge >= 0.3 is 0 Å². The van der Waals surface area contributed by atoms with Crippen LogP contribution < -0.4 is 0 Å². The number of rotatable bonds is 17. The van der Waals surface area contributed by atoms with Crippen molar-refractivity contribution < 1.29 is 0 Å². The first-order valence-corrected chi connectivity index (χ1v) is 13.7. The summed E-state index contributed by atoms with van der Waals surface area (Å²) in [4.78, 5) is 11.6. The average Bonchev–Trinajstić information content (AvgIpc) is 3.38. The molecule has 0 amide bonds. The highest BCUT2D eigenvalue weighted by atomic mass is 14.9. The molecule has 33 heavy (non-hydrogen) atoms. The highest BCUT2D eigenvalue weighted by Gasteiger charge is 1.96. The molecule has 3 rings (SSSR count). The summed E-state index contributed by atoms with van der Waals surface area (Å²) in [6.07, 6.45) is 29.6. The number of nitrogens with one attached hydrogen (secondary N) is 1. The standard InChI is InChI=1S/C21H40N2.C9H7N/c1-2-3-4-5-6-7-8-9-10-11-12-13-14-15-16-17-18-21-22-19-20-23-21;1-2-6-9-8(4-1)5-3-7-10-9/h19-20H,2-18H2,1H3,(H,22,23);1-7H. The van der Waals surface area contributed by atoms with E-state index in [1.54, 1.807) is 0 Å². The average molecular weight is 450 g/mol. The molecule has 3 heteroatoms. The van der Waals surface area contributed by atoms with Gasteiger partial charge in [0.1, 0.15) is 5.82 Å². The van der Waals surface area contributed by atoms with Crippen LogP contribution in [0.3, 0.4) is 0 Å². The van der Waals surface area contributed by atoms with Crippen molar-refractivity contribution in [2.45, 2.75) is 116 Å². The first-order chi connectivity index (χ1) is 16.4. The Morgan fingerprint density at radius 3 is 1.67 bits per heavy atom. The Kier molecular flexibility index (Phi) is 15.9. The number of para-hydroxylation sites is 1. The number of H-pyrrole nitrogens is 1. The van der Waals surface area contributed by atoms with Gasteiger partial charge in [-0.3, -0.25) is 4.98 Å². The van der Waals surface area contributed by atoms with Crippen LogP contribution in [0.1, 0.15) is 115 Å². The fraction of sp³-hybridized carbons (Fsp3) is 0.600. The van der Waals surface area contributed by atoms with Gasteiger partial charge in [0.25, 0.3) is 0 Å². The summed E-state index contributed by atoms with van der Waals surface area (Å²) in [7, 11) is 0. The number of imidazole rings is 1. The molecule has 0 fully saturated rings. The van der Waals surface area contributed by atoms with E-state index in [2.05, 4.69) is 34.0 Å². The van der Waals surface area contributed by atoms with Gasteiger partial charge in [-0.25, -0.2) is 4.98 Å². The molecular weight excluding hydrogens is 402 g/mol. The van der Waals surface area contributed by atoms with Crippen molar-refractivity contribution in [1.29, 1.82) is 0 Å². The van der Waals surface area contributed by atoms with E-state index in [1.165, 1.54) is 108 Å². The zero-order valence-electron chi connectivity index (χ0n) is 21.1. The Morgan fingerprint density at radius 2 is 1.12 bits per heavy atom. The summed E-state index contributed by atoms with van der Waals surface area (Å²) in [5.74, 6) is 1.15. The Labute approximate surface area is 202 Å². The van der Waals surface area contributed by atoms with E-state index in [-0.39, 0.29) is 0 Å². The molecule has 2 aromatic heterocycles. The molecule has 3 aromatic rings. The van der Waals surface area contributed by atoms with E-state index in [0.29, 0.717) is 0 Å². The summed E-state index contributed by atoms with van der Waals surface area (Å²) in [6.45, 7) is 2.29. The van der Waals surface area contributed by atoms with Gasteiger partial charge in [-0.05, 0) is 18.6 Å². The number of hydrogen-bond acceptors (Lipinski definition) is 2. The van der Waals surface area contributed by atoms with Crippen LogP contribution in [0.2, 0.25) is 0 Å². The molecule has 0 aliphatic rings. The second-order valence-corrected chi connectivity index (χ2v) is 9.29. The number of pyridine rings is 1. The molecule has 182 valence electrons. The van der Waals surface area contributed by atoms with Gasteiger partial charge in [-0.2, -0.15) is 0 Å². The molecule has 0 radical (unpaired) electrons. The van der Waals surface area contributed by atoms with E-state index in [9.17, 15) is 0 Å². The summed E-state index contributed by atoms with van der Waals surface area (Å²) in [5, 5.41) is 1.20. The lowest BCUT2D eigenvalue weighted by Gasteiger charge is -2.03. The third kappa shape index (κ3) is 13.9. The van der Waals surface area contributed by atoms with Crippen LogP contribution in [0.15, 0.2) is 55.0 Å².